The number of fused-ring (bicyclic) bond motifs is 10. The molecule has 0 amide bonds. The number of rotatable bonds is 6. The Hall–Kier alpha value is -8.59. The zero-order valence-corrected chi connectivity index (χ0v) is 36.8. The highest BCUT2D eigenvalue weighted by Gasteiger charge is 2.44. The van der Waals surface area contributed by atoms with Gasteiger partial charge in [-0.05, 0) is 150 Å². The second kappa shape index (κ2) is 13.5. The summed E-state index contributed by atoms with van der Waals surface area (Å²) in [4.78, 5) is 4.74. The minimum Gasteiger partial charge on any atom is -0.310 e. The van der Waals surface area contributed by atoms with Gasteiger partial charge in [-0.1, -0.05) is 190 Å². The summed E-state index contributed by atoms with van der Waals surface area (Å²) >= 11 is 0. The molecule has 0 fully saturated rings. The Morgan fingerprint density at radius 3 is 0.956 bits per heavy atom. The van der Waals surface area contributed by atoms with Crippen LogP contribution >= 0.6 is 0 Å². The highest BCUT2D eigenvalue weighted by molar-refractivity contribution is 7.03. The minimum absolute atomic E-state index is 0.0196. The number of benzene rings is 12. The topological polar surface area (TPSA) is 6.48 Å². The third-order valence-electron chi connectivity index (χ3n) is 15.6. The smallest absolute Gasteiger partial charge is 0.244 e. The van der Waals surface area contributed by atoms with Crippen LogP contribution in [0.1, 0.15) is 2.74 Å². The van der Waals surface area contributed by atoms with E-state index in [4.69, 9.17) is 0 Å². The molecular formula is C64H38B2N2. The molecule has 4 aliphatic heterocycles. The first kappa shape index (κ1) is 34.7. The van der Waals surface area contributed by atoms with Gasteiger partial charge in [-0.2, -0.15) is 0 Å². The summed E-state index contributed by atoms with van der Waals surface area (Å²) in [5, 5.41) is 6.53. The van der Waals surface area contributed by atoms with Gasteiger partial charge < -0.3 is 9.80 Å². The first-order valence-corrected chi connectivity index (χ1v) is 23.7. The van der Waals surface area contributed by atoms with Gasteiger partial charge in [0.2, 0.25) is 13.4 Å². The third kappa shape index (κ3) is 4.78. The highest BCUT2D eigenvalue weighted by Crippen LogP contribution is 2.49. The van der Waals surface area contributed by atoms with Crippen molar-refractivity contribution in [3.05, 3.63) is 230 Å². The molecule has 0 aliphatic carbocycles. The molecule has 12 aromatic carbocycles. The van der Waals surface area contributed by atoms with Crippen LogP contribution in [-0.2, 0) is 0 Å². The maximum atomic E-state index is 10.1. The molecule has 0 atom stereocenters. The van der Waals surface area contributed by atoms with Gasteiger partial charge in [0.25, 0.3) is 0 Å². The lowest BCUT2D eigenvalue weighted by Gasteiger charge is -2.32. The van der Waals surface area contributed by atoms with Crippen molar-refractivity contribution in [2.75, 3.05) is 9.80 Å². The van der Waals surface area contributed by atoms with E-state index < -0.39 is 0 Å². The summed E-state index contributed by atoms with van der Waals surface area (Å²) in [6.07, 6.45) is 0. The molecular weight excluding hydrogens is 818 g/mol. The van der Waals surface area contributed by atoms with Gasteiger partial charge in [0, 0.05) is 34.1 Å². The van der Waals surface area contributed by atoms with Crippen molar-refractivity contribution in [1.82, 2.24) is 0 Å². The van der Waals surface area contributed by atoms with E-state index in [2.05, 4.69) is 228 Å². The molecule has 0 unspecified atom stereocenters. The summed E-state index contributed by atoms with van der Waals surface area (Å²) in [6.45, 7) is -0.0393. The fourth-order valence-corrected chi connectivity index (χ4v) is 13.0. The Morgan fingerprint density at radius 1 is 0.265 bits per heavy atom. The lowest BCUT2D eigenvalue weighted by molar-refractivity contribution is 1.29. The summed E-state index contributed by atoms with van der Waals surface area (Å²) in [5.74, 6) is 0. The van der Waals surface area contributed by atoms with Crippen molar-refractivity contribution < 1.29 is 2.74 Å². The SMILES string of the molecule is [2H]c1cc2c3c(cc4c([2H])cc5c6c(cc1c3c46)B1c3ccccc3-c3cc(N(c4ccccc4)c4ccccc4)cc-5c31)B1c3ccccc3-c3cc(N(c4ccccc4)c4ccccc4)cc-2c31. The van der Waals surface area contributed by atoms with Gasteiger partial charge in [0.1, 0.15) is 0 Å². The first-order valence-electron chi connectivity index (χ1n) is 24.7. The van der Waals surface area contributed by atoms with Crippen LogP contribution in [0.3, 0.4) is 0 Å². The zero-order valence-electron chi connectivity index (χ0n) is 38.8. The van der Waals surface area contributed by atoms with Gasteiger partial charge in [0.05, 0.1) is 2.74 Å². The van der Waals surface area contributed by atoms with Crippen molar-refractivity contribution >= 4 is 113 Å². The van der Waals surface area contributed by atoms with Crippen LogP contribution in [0.25, 0.3) is 76.8 Å². The molecule has 0 saturated heterocycles. The molecule has 0 saturated carbocycles. The Labute approximate surface area is 398 Å². The molecule has 310 valence electrons. The van der Waals surface area contributed by atoms with Crippen LogP contribution in [0.4, 0.5) is 34.1 Å². The van der Waals surface area contributed by atoms with E-state index in [0.29, 0.717) is 12.1 Å². The van der Waals surface area contributed by atoms with Gasteiger partial charge >= 0.3 is 0 Å². The number of anilines is 6. The Kier molecular flexibility index (Phi) is 6.89. The van der Waals surface area contributed by atoms with E-state index in [9.17, 15) is 2.74 Å². The Bertz CT molecular complexity index is 3870. The second-order valence-electron chi connectivity index (χ2n) is 18.9. The average Bonchev–Trinajstić information content (AvgIpc) is 3.92. The summed E-state index contributed by atoms with van der Waals surface area (Å²) in [7, 11) is 0. The molecule has 16 rings (SSSR count). The van der Waals surface area contributed by atoms with Crippen LogP contribution in [-0.4, -0.2) is 13.4 Å². The van der Waals surface area contributed by atoms with E-state index in [0.717, 1.165) is 66.8 Å². The molecule has 0 bridgehead atoms. The number of hydrogen-bond donors (Lipinski definition) is 0. The molecule has 0 N–H and O–H groups in total. The van der Waals surface area contributed by atoms with E-state index >= 15 is 0 Å². The molecule has 2 nitrogen and oxygen atoms in total. The molecule has 0 aromatic heterocycles. The Morgan fingerprint density at radius 2 is 0.588 bits per heavy atom. The van der Waals surface area contributed by atoms with Crippen LogP contribution < -0.4 is 42.6 Å². The zero-order chi connectivity index (χ0) is 45.9. The average molecular weight is 859 g/mol. The van der Waals surface area contributed by atoms with Gasteiger partial charge in [-0.3, -0.25) is 0 Å². The predicted molar refractivity (Wildman–Crippen MR) is 291 cm³/mol. The van der Waals surface area contributed by atoms with Crippen LogP contribution in [0.5, 0.6) is 0 Å². The summed E-state index contributed by atoms with van der Waals surface area (Å²) in [6, 6.07) is 80.2. The van der Waals surface area contributed by atoms with Gasteiger partial charge in [0.15, 0.2) is 0 Å². The largest absolute Gasteiger partial charge is 0.310 e. The summed E-state index contributed by atoms with van der Waals surface area (Å²) < 4.78 is 20.3. The van der Waals surface area contributed by atoms with E-state index in [1.165, 1.54) is 76.9 Å². The maximum absolute atomic E-state index is 10.1. The number of hydrogen-bond acceptors (Lipinski definition) is 2. The van der Waals surface area contributed by atoms with Crippen molar-refractivity contribution in [2.45, 2.75) is 0 Å². The lowest BCUT2D eigenvalue weighted by Crippen LogP contribution is -2.52. The minimum atomic E-state index is -0.0196. The fourth-order valence-electron chi connectivity index (χ4n) is 13.0. The van der Waals surface area contributed by atoms with Crippen LogP contribution in [0.15, 0.2) is 230 Å². The molecule has 0 spiro atoms. The monoisotopic (exact) mass is 858 g/mol. The quantitative estimate of drug-likeness (QED) is 0.121. The van der Waals surface area contributed by atoms with Crippen LogP contribution in [0.2, 0.25) is 0 Å². The van der Waals surface area contributed by atoms with Crippen molar-refractivity contribution in [3.8, 4) is 44.5 Å². The molecule has 4 heteroatoms. The molecule has 12 aromatic rings. The van der Waals surface area contributed by atoms with E-state index in [1.54, 1.807) is 0 Å². The van der Waals surface area contributed by atoms with Gasteiger partial charge in [-0.25, -0.2) is 0 Å². The molecule has 68 heavy (non-hydrogen) atoms. The van der Waals surface area contributed by atoms with Crippen molar-refractivity contribution in [3.63, 3.8) is 0 Å². The first-order chi connectivity index (χ1) is 34.6. The van der Waals surface area contributed by atoms with E-state index in [1.807, 2.05) is 0 Å². The van der Waals surface area contributed by atoms with Crippen molar-refractivity contribution in [1.29, 1.82) is 0 Å². The normalized spacial score (nSPS) is 13.4. The standard InChI is InChI=1S/C64H38B2N2/c1-5-17-41(18-6-1)67(42-19-7-2-8-20-42)45-35-51-47-25-13-15-27-55(47)65-57-33-40-30-32-50-54-38-46(68(43-21-9-3-10-22-43)44-23-11-4-12-24-44)36-52-48-26-14-16-28-56(48)66(64(52)54)58-34-39-29-31-49(53(37-45)63(51)65)61(57)59(39)60(40)62(50)58/h1-38H/i29D,30D. The van der Waals surface area contributed by atoms with Crippen molar-refractivity contribution in [2.24, 2.45) is 0 Å². The maximum Gasteiger partial charge on any atom is 0.244 e. The summed E-state index contributed by atoms with van der Waals surface area (Å²) in [5.41, 5.74) is 23.6. The third-order valence-corrected chi connectivity index (χ3v) is 15.6. The lowest BCUT2D eigenvalue weighted by atomic mass is 9.34. The highest BCUT2D eigenvalue weighted by atomic mass is 15.1. The Balaban J connectivity index is 1.02. The number of nitrogens with zero attached hydrogens (tertiary/aromatic N) is 2. The molecule has 4 heterocycles. The van der Waals surface area contributed by atoms with E-state index in [-0.39, 0.29) is 13.4 Å². The second-order valence-corrected chi connectivity index (χ2v) is 18.9. The molecule has 4 aliphatic rings. The molecule has 0 radical (unpaired) electrons. The number of para-hydroxylation sites is 4. The van der Waals surface area contributed by atoms with Crippen LogP contribution in [0, 0.1) is 0 Å². The van der Waals surface area contributed by atoms with Gasteiger partial charge in [-0.15, -0.1) is 0 Å². The predicted octanol–water partition coefficient (Wildman–Crippen LogP) is 12.5. The fraction of sp³-hybridized carbons (Fsp3) is 0.